The summed E-state index contributed by atoms with van der Waals surface area (Å²) >= 11 is 0. The SMILES string of the molecule is [K+].[O-]/C=C\c1ncccn1. The first-order valence-corrected chi connectivity index (χ1v) is 2.49. The summed E-state index contributed by atoms with van der Waals surface area (Å²) in [4.78, 5) is 7.54. The molecule has 0 saturated heterocycles. The molecule has 0 unspecified atom stereocenters. The van der Waals surface area contributed by atoms with Crippen molar-refractivity contribution in [3.8, 4) is 0 Å². The largest absolute Gasteiger partial charge is 1.00 e. The van der Waals surface area contributed by atoms with Crippen LogP contribution in [0.2, 0.25) is 0 Å². The number of hydrogen-bond acceptors (Lipinski definition) is 3. The van der Waals surface area contributed by atoms with Gasteiger partial charge in [-0.1, -0.05) is 0 Å². The Kier molecular flexibility index (Phi) is 6.15. The number of nitrogens with zero attached hydrogens (tertiary/aromatic N) is 2. The van der Waals surface area contributed by atoms with E-state index in [2.05, 4.69) is 9.97 Å². The van der Waals surface area contributed by atoms with Crippen LogP contribution in [0.4, 0.5) is 0 Å². The molecular formula is C6H5KN2O. The molecule has 4 heteroatoms. The maximum atomic E-state index is 9.84. The van der Waals surface area contributed by atoms with Gasteiger partial charge in [-0.05, 0) is 12.1 Å². The van der Waals surface area contributed by atoms with Gasteiger partial charge in [0.05, 0.1) is 0 Å². The standard InChI is InChI=1S/C6H6N2O.K/c9-5-2-6-7-3-1-4-8-6;/h1-5,9H;/q;+1/p-1/b5-2-;. The van der Waals surface area contributed by atoms with Gasteiger partial charge >= 0.3 is 51.4 Å². The zero-order valence-corrected chi connectivity index (χ0v) is 8.81. The minimum Gasteiger partial charge on any atom is -0.878 e. The van der Waals surface area contributed by atoms with E-state index in [1.165, 1.54) is 6.08 Å². The van der Waals surface area contributed by atoms with Gasteiger partial charge in [-0.25, -0.2) is 9.97 Å². The predicted octanol–water partition coefficient (Wildman–Crippen LogP) is -3.19. The van der Waals surface area contributed by atoms with Crippen LogP contribution in [0.5, 0.6) is 0 Å². The molecule has 0 aliphatic rings. The second-order valence-electron chi connectivity index (χ2n) is 1.41. The Balaban J connectivity index is 0.000000810. The van der Waals surface area contributed by atoms with E-state index in [-0.39, 0.29) is 51.4 Å². The van der Waals surface area contributed by atoms with Crippen molar-refractivity contribution in [2.75, 3.05) is 0 Å². The van der Waals surface area contributed by atoms with Crippen molar-refractivity contribution in [1.82, 2.24) is 9.97 Å². The minimum atomic E-state index is 0. The van der Waals surface area contributed by atoms with Gasteiger partial charge in [0, 0.05) is 12.4 Å². The molecule has 1 aromatic heterocycles. The van der Waals surface area contributed by atoms with Crippen molar-refractivity contribution in [3.63, 3.8) is 0 Å². The summed E-state index contributed by atoms with van der Waals surface area (Å²) in [6, 6.07) is 1.70. The fourth-order valence-electron chi connectivity index (χ4n) is 0.458. The molecule has 10 heavy (non-hydrogen) atoms. The Labute approximate surface area is 102 Å². The average molecular weight is 160 g/mol. The summed E-state index contributed by atoms with van der Waals surface area (Å²) in [6.45, 7) is 0. The molecule has 0 amide bonds. The summed E-state index contributed by atoms with van der Waals surface area (Å²) in [5.74, 6) is 0.451. The molecular weight excluding hydrogens is 155 g/mol. The van der Waals surface area contributed by atoms with Crippen LogP contribution >= 0.6 is 0 Å². The van der Waals surface area contributed by atoms with Gasteiger partial charge in [0.25, 0.3) is 0 Å². The second-order valence-corrected chi connectivity index (χ2v) is 1.41. The molecule has 1 heterocycles. The van der Waals surface area contributed by atoms with E-state index in [0.29, 0.717) is 12.1 Å². The topological polar surface area (TPSA) is 48.8 Å². The maximum Gasteiger partial charge on any atom is 1.00 e. The Hall–Kier alpha value is 0.256. The first-order valence-electron chi connectivity index (χ1n) is 2.49. The smallest absolute Gasteiger partial charge is 0.878 e. The van der Waals surface area contributed by atoms with Gasteiger partial charge in [0.1, 0.15) is 0 Å². The zero-order valence-electron chi connectivity index (χ0n) is 5.69. The third-order valence-corrected chi connectivity index (χ3v) is 0.803. The average Bonchev–Trinajstić information content (AvgIpc) is 1.91. The van der Waals surface area contributed by atoms with Crippen LogP contribution < -0.4 is 56.5 Å². The number of rotatable bonds is 1. The van der Waals surface area contributed by atoms with Crippen molar-refractivity contribution < 1.29 is 56.5 Å². The molecule has 0 fully saturated rings. The summed E-state index contributed by atoms with van der Waals surface area (Å²) in [6.07, 6.45) is 5.14. The minimum absolute atomic E-state index is 0. The Bertz CT molecular complexity index is 200. The van der Waals surface area contributed by atoms with Gasteiger partial charge in [-0.2, -0.15) is 0 Å². The van der Waals surface area contributed by atoms with Gasteiger partial charge in [0.15, 0.2) is 5.82 Å². The van der Waals surface area contributed by atoms with Gasteiger partial charge in [-0.3, -0.25) is 0 Å². The summed E-state index contributed by atoms with van der Waals surface area (Å²) < 4.78 is 0. The first kappa shape index (κ1) is 10.3. The van der Waals surface area contributed by atoms with Crippen LogP contribution in [0.15, 0.2) is 24.7 Å². The van der Waals surface area contributed by atoms with Crippen molar-refractivity contribution in [2.45, 2.75) is 0 Å². The first-order chi connectivity index (χ1) is 4.43. The Morgan fingerprint density at radius 3 is 2.40 bits per heavy atom. The van der Waals surface area contributed by atoms with Crippen molar-refractivity contribution >= 4 is 6.08 Å². The molecule has 0 atom stereocenters. The molecule has 46 valence electrons. The Morgan fingerprint density at radius 1 is 1.30 bits per heavy atom. The van der Waals surface area contributed by atoms with Crippen LogP contribution in [0.3, 0.4) is 0 Å². The number of hydrogen-bond donors (Lipinski definition) is 0. The van der Waals surface area contributed by atoms with E-state index in [4.69, 9.17) is 0 Å². The van der Waals surface area contributed by atoms with Crippen LogP contribution in [0.1, 0.15) is 5.82 Å². The predicted molar refractivity (Wildman–Crippen MR) is 31.1 cm³/mol. The van der Waals surface area contributed by atoms with E-state index >= 15 is 0 Å². The normalized spacial score (nSPS) is 9.20. The van der Waals surface area contributed by atoms with Crippen molar-refractivity contribution in [1.29, 1.82) is 0 Å². The molecule has 0 radical (unpaired) electrons. The maximum absolute atomic E-state index is 9.84. The van der Waals surface area contributed by atoms with Crippen LogP contribution in [-0.4, -0.2) is 9.97 Å². The van der Waals surface area contributed by atoms with Crippen LogP contribution in [-0.2, 0) is 0 Å². The summed E-state index contributed by atoms with van der Waals surface area (Å²) in [5, 5.41) is 9.84. The van der Waals surface area contributed by atoms with Gasteiger partial charge < -0.3 is 5.11 Å². The van der Waals surface area contributed by atoms with Gasteiger partial charge in [-0.15, -0.1) is 6.26 Å². The molecule has 1 rings (SSSR count). The van der Waals surface area contributed by atoms with Crippen LogP contribution in [0.25, 0.3) is 6.08 Å². The molecule has 0 spiro atoms. The van der Waals surface area contributed by atoms with Crippen molar-refractivity contribution in [3.05, 3.63) is 30.5 Å². The fourth-order valence-corrected chi connectivity index (χ4v) is 0.458. The molecule has 0 saturated carbocycles. The summed E-state index contributed by atoms with van der Waals surface area (Å²) in [7, 11) is 0. The zero-order chi connectivity index (χ0) is 6.53. The third kappa shape index (κ3) is 3.43. The molecule has 0 aliphatic heterocycles. The van der Waals surface area contributed by atoms with E-state index in [1.807, 2.05) is 0 Å². The molecule has 0 N–H and O–H groups in total. The molecule has 0 bridgehead atoms. The molecule has 0 aliphatic carbocycles. The van der Waals surface area contributed by atoms with E-state index in [9.17, 15) is 5.11 Å². The monoisotopic (exact) mass is 160 g/mol. The summed E-state index contributed by atoms with van der Waals surface area (Å²) in [5.41, 5.74) is 0. The fraction of sp³-hybridized carbons (Fsp3) is 0. The quantitative estimate of drug-likeness (QED) is 0.321. The van der Waals surface area contributed by atoms with Crippen molar-refractivity contribution in [2.24, 2.45) is 0 Å². The second kappa shape index (κ2) is 6.00. The van der Waals surface area contributed by atoms with Gasteiger partial charge in [0.2, 0.25) is 0 Å². The molecule has 0 aromatic carbocycles. The molecule has 1 aromatic rings. The number of aromatic nitrogens is 2. The van der Waals surface area contributed by atoms with E-state index < -0.39 is 0 Å². The van der Waals surface area contributed by atoms with E-state index in [1.54, 1.807) is 18.5 Å². The van der Waals surface area contributed by atoms with Crippen LogP contribution in [0, 0.1) is 0 Å². The molecule has 3 nitrogen and oxygen atoms in total. The van der Waals surface area contributed by atoms with E-state index in [0.717, 1.165) is 0 Å². The third-order valence-electron chi connectivity index (χ3n) is 0.803. The Morgan fingerprint density at radius 2 is 1.90 bits per heavy atom.